The third-order valence-electron chi connectivity index (χ3n) is 5.85. The summed E-state index contributed by atoms with van der Waals surface area (Å²) in [7, 11) is 0. The third kappa shape index (κ3) is 3.63. The minimum Gasteiger partial charge on any atom is -0.341 e. The molecule has 5 rings (SSSR count). The molecule has 0 bridgehead atoms. The number of benzene rings is 3. The molecule has 4 nitrogen and oxygen atoms in total. The Kier molecular flexibility index (Phi) is 5.58. The molecule has 0 unspecified atom stereocenters. The number of hydrogen-bond acceptors (Lipinski definition) is 3. The zero-order chi connectivity index (χ0) is 22.1. The molecule has 1 aliphatic heterocycles. The van der Waals surface area contributed by atoms with Crippen molar-refractivity contribution in [3.05, 3.63) is 88.8 Å². The zero-order valence-corrected chi connectivity index (χ0v) is 19.1. The van der Waals surface area contributed by atoms with Gasteiger partial charge >= 0.3 is 0 Å². The molecule has 3 aromatic carbocycles. The highest BCUT2D eigenvalue weighted by Gasteiger charge is 2.32. The van der Waals surface area contributed by atoms with Crippen LogP contribution in [0, 0.1) is 0 Å². The number of aliphatic imine (C=N–C) groups is 1. The van der Waals surface area contributed by atoms with Gasteiger partial charge < -0.3 is 4.57 Å². The summed E-state index contributed by atoms with van der Waals surface area (Å²) in [6.45, 7) is 6.27. The molecule has 0 spiro atoms. The van der Waals surface area contributed by atoms with Gasteiger partial charge in [0.2, 0.25) is 0 Å². The summed E-state index contributed by atoms with van der Waals surface area (Å²) in [4.78, 5) is 20.3. The lowest BCUT2D eigenvalue weighted by atomic mass is 10.1. The summed E-state index contributed by atoms with van der Waals surface area (Å²) < 4.78 is 2.34. The fourth-order valence-corrected chi connectivity index (χ4v) is 5.34. The predicted octanol–water partition coefficient (Wildman–Crippen LogP) is 6.31. The molecule has 160 valence electrons. The van der Waals surface area contributed by atoms with Gasteiger partial charge in [-0.3, -0.25) is 14.7 Å². The fraction of sp³-hybridized carbons (Fsp3) is 0.185. The van der Waals surface area contributed by atoms with E-state index in [1.54, 1.807) is 4.90 Å². The number of aromatic nitrogens is 1. The Morgan fingerprint density at radius 2 is 1.62 bits per heavy atom. The normalized spacial score (nSPS) is 16.8. The number of amidine groups is 1. The molecule has 0 atom stereocenters. The molecule has 1 aliphatic rings. The van der Waals surface area contributed by atoms with E-state index in [4.69, 9.17) is 4.99 Å². The van der Waals surface area contributed by atoms with E-state index >= 15 is 0 Å². The first-order valence-electron chi connectivity index (χ1n) is 11.0. The lowest BCUT2D eigenvalue weighted by Crippen LogP contribution is -2.28. The number of carbonyl (C=O) groups is 1. The molecule has 1 fully saturated rings. The molecule has 0 N–H and O–H groups in total. The number of amides is 1. The van der Waals surface area contributed by atoms with Gasteiger partial charge in [-0.1, -0.05) is 54.6 Å². The minimum atomic E-state index is 0.0281. The Bertz CT molecular complexity index is 1370. The number of aryl methyl sites for hydroxylation is 1. The standard InChI is InChI=1S/C27H25N3OS/c1-3-29-23-13-9-8-12-21(23)22-16-20(14-15-24(22)29)17-25-26(31)30(4-2)27(32-25)28-18-19-10-6-5-7-11-19/h5-17H,3-4,18H2,1-2H3/b25-17+,28-27?. The number of thioether (sulfide) groups is 1. The summed E-state index contributed by atoms with van der Waals surface area (Å²) in [5, 5.41) is 3.24. The number of nitrogens with zero attached hydrogens (tertiary/aromatic N) is 3. The molecule has 0 radical (unpaired) electrons. The van der Waals surface area contributed by atoms with Crippen molar-refractivity contribution in [2.24, 2.45) is 4.99 Å². The van der Waals surface area contributed by atoms with Crippen LogP contribution in [0.5, 0.6) is 0 Å². The van der Waals surface area contributed by atoms with E-state index in [1.165, 1.54) is 33.6 Å². The Morgan fingerprint density at radius 3 is 2.41 bits per heavy atom. The van der Waals surface area contributed by atoms with Crippen molar-refractivity contribution in [3.8, 4) is 0 Å². The maximum Gasteiger partial charge on any atom is 0.266 e. The molecule has 0 aliphatic carbocycles. The molecule has 1 amide bonds. The predicted molar refractivity (Wildman–Crippen MR) is 136 cm³/mol. The maximum atomic E-state index is 13.0. The first-order chi connectivity index (χ1) is 15.7. The number of carbonyl (C=O) groups excluding carboxylic acids is 1. The van der Waals surface area contributed by atoms with E-state index in [2.05, 4.69) is 66.1 Å². The average molecular weight is 440 g/mol. The van der Waals surface area contributed by atoms with Gasteiger partial charge in [-0.25, -0.2) is 0 Å². The van der Waals surface area contributed by atoms with Crippen LogP contribution in [-0.2, 0) is 17.9 Å². The van der Waals surface area contributed by atoms with Gasteiger partial charge in [-0.05, 0) is 61.0 Å². The minimum absolute atomic E-state index is 0.0281. The number of likely N-dealkylation sites (N-methyl/N-ethyl adjacent to an activating group) is 1. The average Bonchev–Trinajstić information content (AvgIpc) is 3.31. The van der Waals surface area contributed by atoms with Crippen LogP contribution in [0.15, 0.2) is 82.7 Å². The van der Waals surface area contributed by atoms with Gasteiger partial charge in [-0.2, -0.15) is 0 Å². The SMILES string of the molecule is CCN1C(=O)/C(=C\c2ccc3c(c2)c2ccccc2n3CC)SC1=NCc1ccccc1. The second-order valence-corrected chi connectivity index (χ2v) is 8.79. The Hall–Kier alpha value is -3.31. The van der Waals surface area contributed by atoms with Crippen LogP contribution in [0.1, 0.15) is 25.0 Å². The first-order valence-corrected chi connectivity index (χ1v) is 11.8. The van der Waals surface area contributed by atoms with Crippen molar-refractivity contribution in [2.45, 2.75) is 26.9 Å². The highest BCUT2D eigenvalue weighted by atomic mass is 32.2. The lowest BCUT2D eigenvalue weighted by Gasteiger charge is -2.12. The monoisotopic (exact) mass is 439 g/mol. The smallest absolute Gasteiger partial charge is 0.266 e. The summed E-state index contributed by atoms with van der Waals surface area (Å²) in [6, 6.07) is 25.1. The summed E-state index contributed by atoms with van der Waals surface area (Å²) in [6.07, 6.45) is 2.00. The van der Waals surface area contributed by atoms with Crippen molar-refractivity contribution < 1.29 is 4.79 Å². The second-order valence-electron chi connectivity index (χ2n) is 7.78. The number of fused-ring (bicyclic) bond motifs is 3. The number of para-hydroxylation sites is 1. The summed E-state index contributed by atoms with van der Waals surface area (Å²) >= 11 is 1.47. The van der Waals surface area contributed by atoms with Crippen LogP contribution in [0.4, 0.5) is 0 Å². The van der Waals surface area contributed by atoms with Gasteiger partial charge in [0.15, 0.2) is 5.17 Å². The van der Waals surface area contributed by atoms with Gasteiger partial charge in [0, 0.05) is 34.9 Å². The topological polar surface area (TPSA) is 37.6 Å². The van der Waals surface area contributed by atoms with E-state index in [0.717, 1.165) is 27.7 Å². The van der Waals surface area contributed by atoms with Crippen molar-refractivity contribution in [3.63, 3.8) is 0 Å². The molecule has 1 aromatic heterocycles. The van der Waals surface area contributed by atoms with E-state index in [-0.39, 0.29) is 5.91 Å². The van der Waals surface area contributed by atoms with Crippen LogP contribution in [0.3, 0.4) is 0 Å². The highest BCUT2D eigenvalue weighted by molar-refractivity contribution is 8.18. The molecular formula is C27H25N3OS. The van der Waals surface area contributed by atoms with Crippen molar-refractivity contribution in [1.82, 2.24) is 9.47 Å². The Labute approximate surface area is 192 Å². The van der Waals surface area contributed by atoms with Crippen LogP contribution in [-0.4, -0.2) is 27.1 Å². The van der Waals surface area contributed by atoms with Crippen LogP contribution in [0.25, 0.3) is 27.9 Å². The Balaban J connectivity index is 1.50. The van der Waals surface area contributed by atoms with Crippen molar-refractivity contribution in [2.75, 3.05) is 6.54 Å². The molecule has 4 aromatic rings. The molecular weight excluding hydrogens is 414 g/mol. The Morgan fingerprint density at radius 1 is 0.875 bits per heavy atom. The lowest BCUT2D eigenvalue weighted by molar-refractivity contribution is -0.122. The third-order valence-corrected chi connectivity index (χ3v) is 6.90. The first kappa shape index (κ1) is 20.6. The molecule has 1 saturated heterocycles. The van der Waals surface area contributed by atoms with Crippen molar-refractivity contribution >= 4 is 50.7 Å². The van der Waals surface area contributed by atoms with Gasteiger partial charge in [0.1, 0.15) is 0 Å². The van der Waals surface area contributed by atoms with Gasteiger partial charge in [-0.15, -0.1) is 0 Å². The second kappa shape index (κ2) is 8.67. The largest absolute Gasteiger partial charge is 0.341 e. The number of hydrogen-bond donors (Lipinski definition) is 0. The van der Waals surface area contributed by atoms with E-state index < -0.39 is 0 Å². The molecule has 32 heavy (non-hydrogen) atoms. The van der Waals surface area contributed by atoms with Gasteiger partial charge in [0.25, 0.3) is 5.91 Å². The molecule has 2 heterocycles. The van der Waals surface area contributed by atoms with Crippen LogP contribution < -0.4 is 0 Å². The van der Waals surface area contributed by atoms with Crippen LogP contribution in [0.2, 0.25) is 0 Å². The molecule has 0 saturated carbocycles. The summed E-state index contributed by atoms with van der Waals surface area (Å²) in [5.74, 6) is 0.0281. The highest BCUT2D eigenvalue weighted by Crippen LogP contribution is 2.34. The van der Waals surface area contributed by atoms with Crippen molar-refractivity contribution in [1.29, 1.82) is 0 Å². The molecule has 5 heteroatoms. The van der Waals surface area contributed by atoms with E-state index in [1.807, 2.05) is 31.2 Å². The number of rotatable bonds is 5. The fourth-order valence-electron chi connectivity index (χ4n) is 4.30. The van der Waals surface area contributed by atoms with Crippen LogP contribution >= 0.6 is 11.8 Å². The quantitative estimate of drug-likeness (QED) is 0.342. The zero-order valence-electron chi connectivity index (χ0n) is 18.3. The van der Waals surface area contributed by atoms with E-state index in [9.17, 15) is 4.79 Å². The maximum absolute atomic E-state index is 13.0. The summed E-state index contributed by atoms with van der Waals surface area (Å²) in [5.41, 5.74) is 4.64. The van der Waals surface area contributed by atoms with E-state index in [0.29, 0.717) is 13.1 Å². The van der Waals surface area contributed by atoms with Gasteiger partial charge in [0.05, 0.1) is 11.4 Å².